The number of carbonyl (C=O) groups excluding carboxylic acids is 1. The van der Waals surface area contributed by atoms with E-state index in [-0.39, 0.29) is 13.3 Å². The highest BCUT2D eigenvalue weighted by Crippen LogP contribution is 2.32. The minimum atomic E-state index is -2.31. The highest BCUT2D eigenvalue weighted by molar-refractivity contribution is 5.77. The van der Waals surface area contributed by atoms with E-state index >= 15 is 0 Å². The first kappa shape index (κ1) is 17.8. The Balaban J connectivity index is 1.60. The maximum atomic E-state index is 13.4. The molecule has 2 aromatic carbocycles. The van der Waals surface area contributed by atoms with Gasteiger partial charge in [0.1, 0.15) is 0 Å². The standard InChI is InChI=1S/C16H10F5NO4/c17-11-12(18)14(20)16(15(21)13(11)19)24-5-10(23)22-4-7-1-2-8-9(3-7)26-6-25-8/h1-3H,4-6H2,(H,22,23). The molecule has 3 rings (SSSR count). The molecule has 1 aliphatic rings. The van der Waals surface area contributed by atoms with Crippen molar-refractivity contribution in [2.24, 2.45) is 0 Å². The van der Waals surface area contributed by atoms with Crippen LogP contribution in [0.1, 0.15) is 5.56 Å². The second-order valence-corrected chi connectivity index (χ2v) is 5.15. The summed E-state index contributed by atoms with van der Waals surface area (Å²) in [7, 11) is 0. The first-order chi connectivity index (χ1) is 12.4. The molecule has 0 aliphatic carbocycles. The van der Waals surface area contributed by atoms with E-state index in [1.165, 1.54) is 0 Å². The Morgan fingerprint density at radius 2 is 1.58 bits per heavy atom. The molecule has 0 aromatic heterocycles. The average Bonchev–Trinajstić information content (AvgIpc) is 3.11. The van der Waals surface area contributed by atoms with Gasteiger partial charge in [0.2, 0.25) is 35.9 Å². The second-order valence-electron chi connectivity index (χ2n) is 5.15. The molecule has 0 spiro atoms. The van der Waals surface area contributed by atoms with Crippen molar-refractivity contribution < 1.29 is 41.0 Å². The number of hydrogen-bond donors (Lipinski definition) is 1. The van der Waals surface area contributed by atoms with Crippen molar-refractivity contribution in [3.63, 3.8) is 0 Å². The molecule has 0 fully saturated rings. The maximum Gasteiger partial charge on any atom is 0.258 e. The zero-order valence-corrected chi connectivity index (χ0v) is 12.9. The monoisotopic (exact) mass is 375 g/mol. The molecule has 138 valence electrons. The molecule has 0 saturated carbocycles. The van der Waals surface area contributed by atoms with Gasteiger partial charge in [-0.2, -0.15) is 8.78 Å². The van der Waals surface area contributed by atoms with Gasteiger partial charge < -0.3 is 19.5 Å². The van der Waals surface area contributed by atoms with Crippen molar-refractivity contribution in [1.29, 1.82) is 0 Å². The van der Waals surface area contributed by atoms with Gasteiger partial charge in [-0.3, -0.25) is 4.79 Å². The van der Waals surface area contributed by atoms with Crippen LogP contribution in [0.2, 0.25) is 0 Å². The molecular formula is C16H10F5NO4. The van der Waals surface area contributed by atoms with Crippen molar-refractivity contribution in [2.45, 2.75) is 6.54 Å². The average molecular weight is 375 g/mol. The van der Waals surface area contributed by atoms with Crippen LogP contribution in [0.5, 0.6) is 17.2 Å². The van der Waals surface area contributed by atoms with Crippen molar-refractivity contribution in [3.8, 4) is 17.2 Å². The van der Waals surface area contributed by atoms with Gasteiger partial charge in [0.15, 0.2) is 23.9 Å². The minimum Gasteiger partial charge on any atom is -0.477 e. The Kier molecular flexibility index (Phi) is 4.83. The van der Waals surface area contributed by atoms with Crippen LogP contribution >= 0.6 is 0 Å². The fraction of sp³-hybridized carbons (Fsp3) is 0.188. The molecule has 5 nitrogen and oxygen atoms in total. The molecule has 10 heteroatoms. The first-order valence-corrected chi connectivity index (χ1v) is 7.18. The second kappa shape index (κ2) is 7.06. The predicted octanol–water partition coefficient (Wildman–Crippen LogP) is 2.81. The normalized spacial score (nSPS) is 12.2. The third kappa shape index (κ3) is 3.35. The molecular weight excluding hydrogens is 365 g/mol. The highest BCUT2D eigenvalue weighted by atomic mass is 19.2. The van der Waals surface area contributed by atoms with Gasteiger partial charge in [-0.1, -0.05) is 6.07 Å². The Hall–Kier alpha value is -3.04. The SMILES string of the molecule is O=C(COc1c(F)c(F)c(F)c(F)c1F)NCc1ccc2c(c1)OCO2. The quantitative estimate of drug-likeness (QED) is 0.496. The van der Waals surface area contributed by atoms with Crippen molar-refractivity contribution in [3.05, 3.63) is 52.8 Å². The number of benzene rings is 2. The zero-order valence-electron chi connectivity index (χ0n) is 12.9. The molecule has 0 unspecified atom stereocenters. The number of rotatable bonds is 5. The Morgan fingerprint density at radius 3 is 2.27 bits per heavy atom. The third-order valence-electron chi connectivity index (χ3n) is 3.44. The van der Waals surface area contributed by atoms with E-state index in [1.54, 1.807) is 18.2 Å². The number of fused-ring (bicyclic) bond motifs is 1. The molecule has 0 saturated heterocycles. The minimum absolute atomic E-state index is 0.0237. The van der Waals surface area contributed by atoms with Gasteiger partial charge >= 0.3 is 0 Å². The highest BCUT2D eigenvalue weighted by Gasteiger charge is 2.27. The summed E-state index contributed by atoms with van der Waals surface area (Å²) in [6.45, 7) is -0.834. The van der Waals surface area contributed by atoms with Crippen LogP contribution in [0.15, 0.2) is 18.2 Å². The fourth-order valence-corrected chi connectivity index (χ4v) is 2.15. The molecule has 1 aliphatic heterocycles. The molecule has 0 atom stereocenters. The number of carbonyl (C=O) groups is 1. The predicted molar refractivity (Wildman–Crippen MR) is 76.1 cm³/mol. The summed E-state index contributed by atoms with van der Waals surface area (Å²) in [6, 6.07) is 4.90. The summed E-state index contributed by atoms with van der Waals surface area (Å²) in [4.78, 5) is 11.7. The Labute approximate surface area is 143 Å². The van der Waals surface area contributed by atoms with E-state index in [4.69, 9.17) is 9.47 Å². The number of hydrogen-bond acceptors (Lipinski definition) is 4. The summed E-state index contributed by atoms with van der Waals surface area (Å²) >= 11 is 0. The van der Waals surface area contributed by atoms with Crippen LogP contribution in [0.25, 0.3) is 0 Å². The molecule has 1 amide bonds. The van der Waals surface area contributed by atoms with Gasteiger partial charge in [0, 0.05) is 6.54 Å². The summed E-state index contributed by atoms with van der Waals surface area (Å²) in [5.41, 5.74) is 0.638. The molecule has 1 heterocycles. The number of ether oxygens (including phenoxy) is 3. The van der Waals surface area contributed by atoms with Gasteiger partial charge in [0.05, 0.1) is 0 Å². The maximum absolute atomic E-state index is 13.4. The van der Waals surface area contributed by atoms with Crippen LogP contribution in [0, 0.1) is 29.1 Å². The zero-order chi connectivity index (χ0) is 18.8. The number of amides is 1. The van der Waals surface area contributed by atoms with Crippen LogP contribution < -0.4 is 19.5 Å². The van der Waals surface area contributed by atoms with Crippen LogP contribution in [0.4, 0.5) is 22.0 Å². The lowest BCUT2D eigenvalue weighted by molar-refractivity contribution is -0.123. The molecule has 1 N–H and O–H groups in total. The van der Waals surface area contributed by atoms with Gasteiger partial charge in [-0.25, -0.2) is 13.2 Å². The van der Waals surface area contributed by atoms with E-state index in [9.17, 15) is 26.7 Å². The van der Waals surface area contributed by atoms with Gasteiger partial charge in [-0.15, -0.1) is 0 Å². The van der Waals surface area contributed by atoms with Gasteiger partial charge in [0.25, 0.3) is 5.91 Å². The number of halogens is 5. The van der Waals surface area contributed by atoms with E-state index in [0.717, 1.165) is 0 Å². The van der Waals surface area contributed by atoms with E-state index in [1.807, 2.05) is 0 Å². The summed E-state index contributed by atoms with van der Waals surface area (Å²) in [5, 5.41) is 2.37. The summed E-state index contributed by atoms with van der Waals surface area (Å²) in [5.74, 6) is -12.2. The fourth-order valence-electron chi connectivity index (χ4n) is 2.15. The third-order valence-corrected chi connectivity index (χ3v) is 3.44. The van der Waals surface area contributed by atoms with E-state index in [0.29, 0.717) is 17.1 Å². The first-order valence-electron chi connectivity index (χ1n) is 7.18. The van der Waals surface area contributed by atoms with Crippen LogP contribution in [-0.4, -0.2) is 19.3 Å². The topological polar surface area (TPSA) is 56.8 Å². The van der Waals surface area contributed by atoms with Crippen LogP contribution in [-0.2, 0) is 11.3 Å². The molecule has 2 aromatic rings. The van der Waals surface area contributed by atoms with Crippen LogP contribution in [0.3, 0.4) is 0 Å². The Bertz CT molecular complexity index is 845. The van der Waals surface area contributed by atoms with Crippen molar-refractivity contribution in [1.82, 2.24) is 5.32 Å². The lowest BCUT2D eigenvalue weighted by atomic mass is 10.2. The molecule has 0 bridgehead atoms. The molecule has 0 radical (unpaired) electrons. The van der Waals surface area contributed by atoms with Crippen molar-refractivity contribution in [2.75, 3.05) is 13.4 Å². The Morgan fingerprint density at radius 1 is 0.962 bits per heavy atom. The molecule has 26 heavy (non-hydrogen) atoms. The summed E-state index contributed by atoms with van der Waals surface area (Å²) < 4.78 is 80.6. The lowest BCUT2D eigenvalue weighted by Crippen LogP contribution is -2.29. The summed E-state index contributed by atoms with van der Waals surface area (Å²) in [6.07, 6.45) is 0. The van der Waals surface area contributed by atoms with E-state index < -0.39 is 47.3 Å². The van der Waals surface area contributed by atoms with E-state index in [2.05, 4.69) is 10.1 Å². The lowest BCUT2D eigenvalue weighted by Gasteiger charge is -2.10. The van der Waals surface area contributed by atoms with Crippen molar-refractivity contribution >= 4 is 5.91 Å². The smallest absolute Gasteiger partial charge is 0.258 e. The van der Waals surface area contributed by atoms with Gasteiger partial charge in [-0.05, 0) is 17.7 Å². The number of nitrogens with one attached hydrogen (secondary N) is 1. The largest absolute Gasteiger partial charge is 0.477 e.